The summed E-state index contributed by atoms with van der Waals surface area (Å²) in [6.45, 7) is 5.40. The number of aliphatic hydroxyl groups excluding tert-OH is 1. The van der Waals surface area contributed by atoms with Crippen LogP contribution >= 0.6 is 0 Å². The van der Waals surface area contributed by atoms with Gasteiger partial charge in [-0.1, -0.05) is 50.2 Å². The number of aliphatic hydroxyl groups is 1. The number of hydrogen-bond donors (Lipinski definition) is 3. The molecule has 0 saturated carbocycles. The lowest BCUT2D eigenvalue weighted by Gasteiger charge is -2.40. The van der Waals surface area contributed by atoms with Gasteiger partial charge in [-0.15, -0.1) is 0 Å². The van der Waals surface area contributed by atoms with Crippen molar-refractivity contribution in [3.63, 3.8) is 0 Å². The lowest BCUT2D eigenvalue weighted by atomic mass is 9.87. The largest absolute Gasteiger partial charge is 0.465 e. The molecule has 5 atom stereocenters. The quantitative estimate of drug-likeness (QED) is 0.270. The van der Waals surface area contributed by atoms with Crippen LogP contribution in [0.5, 0.6) is 0 Å². The molecule has 2 saturated heterocycles. The lowest BCUT2D eigenvalue weighted by molar-refractivity contribution is -0.117. The molecule has 0 aromatic heterocycles. The first kappa shape index (κ1) is 32.9. The Labute approximate surface area is 253 Å². The van der Waals surface area contributed by atoms with Gasteiger partial charge < -0.3 is 30.2 Å². The number of ether oxygens (including phenoxy) is 2. The fraction of sp³-hybridized carbons (Fsp3) is 0.548. The molecule has 4 rings (SSSR count). The van der Waals surface area contributed by atoms with Crippen molar-refractivity contribution in [2.24, 2.45) is 11.3 Å². The highest BCUT2D eigenvalue weighted by Gasteiger charge is 2.49. The van der Waals surface area contributed by atoms with Crippen LogP contribution in [0.3, 0.4) is 0 Å². The highest BCUT2D eigenvalue weighted by atomic mass is 32.2. The van der Waals surface area contributed by atoms with Gasteiger partial charge in [0.1, 0.15) is 5.78 Å². The van der Waals surface area contributed by atoms with Crippen molar-refractivity contribution in [1.29, 1.82) is 0 Å². The first-order valence-corrected chi connectivity index (χ1v) is 16.0. The summed E-state index contributed by atoms with van der Waals surface area (Å²) in [4.78, 5) is 25.8. The Balaban J connectivity index is 1.71. The second kappa shape index (κ2) is 13.7. The van der Waals surface area contributed by atoms with Gasteiger partial charge in [0.25, 0.3) is 0 Å². The van der Waals surface area contributed by atoms with Crippen LogP contribution in [0, 0.1) is 11.3 Å². The third-order valence-electron chi connectivity index (χ3n) is 8.32. The second-order valence-corrected chi connectivity index (χ2v) is 14.3. The standard InChI is InChI=1S/C31H43N3O8S/c1-21(35)12-14-31(2,3)20-33(43(39,40)24-11-7-10-23(32)17-24)18-28(36)26(16-22-8-5-4-6-9-22)34(30(37)38)27-19-42-29-25(27)13-15-41-29/h4-11,17,25-29,36H,12-16,18-20,32H2,1-3H3,(H,37,38)/t25-,26-,27-,28+,29+/m0/s1. The SMILES string of the molecule is CC(=O)CCC(C)(C)CN(C[C@@H](O)[C@H](Cc1ccccc1)N(C(=O)O)[C@H]1CO[C@H]2OCC[C@H]21)S(=O)(=O)c1cccc(N)c1. The third kappa shape index (κ3) is 8.12. The predicted molar refractivity (Wildman–Crippen MR) is 161 cm³/mol. The summed E-state index contributed by atoms with van der Waals surface area (Å²) in [5.41, 5.74) is 6.35. The second-order valence-electron chi connectivity index (χ2n) is 12.3. The fourth-order valence-corrected chi connectivity index (χ4v) is 7.71. The summed E-state index contributed by atoms with van der Waals surface area (Å²) in [7, 11) is -4.18. The number of sulfonamides is 1. The molecule has 0 spiro atoms. The van der Waals surface area contributed by atoms with E-state index in [4.69, 9.17) is 15.2 Å². The van der Waals surface area contributed by atoms with Crippen LogP contribution < -0.4 is 5.73 Å². The highest BCUT2D eigenvalue weighted by molar-refractivity contribution is 7.89. The van der Waals surface area contributed by atoms with Crippen LogP contribution in [0.25, 0.3) is 0 Å². The van der Waals surface area contributed by atoms with E-state index in [1.807, 2.05) is 44.2 Å². The molecule has 236 valence electrons. The maximum atomic E-state index is 14.1. The Kier molecular flexibility index (Phi) is 10.5. The van der Waals surface area contributed by atoms with Crippen molar-refractivity contribution in [3.8, 4) is 0 Å². The van der Waals surface area contributed by atoms with Crippen LogP contribution in [-0.2, 0) is 30.7 Å². The Morgan fingerprint density at radius 2 is 1.84 bits per heavy atom. The first-order chi connectivity index (χ1) is 20.3. The summed E-state index contributed by atoms with van der Waals surface area (Å²) < 4.78 is 40.7. The maximum Gasteiger partial charge on any atom is 0.407 e. The van der Waals surface area contributed by atoms with Gasteiger partial charge in [0.05, 0.1) is 36.3 Å². The Hall–Kier alpha value is -3.03. The number of benzene rings is 2. The smallest absolute Gasteiger partial charge is 0.407 e. The van der Waals surface area contributed by atoms with Gasteiger partial charge in [-0.05, 0) is 55.4 Å². The molecule has 11 nitrogen and oxygen atoms in total. The molecule has 2 aliphatic heterocycles. The number of rotatable bonds is 14. The van der Waals surface area contributed by atoms with Gasteiger partial charge in [0.15, 0.2) is 6.29 Å². The van der Waals surface area contributed by atoms with E-state index in [9.17, 15) is 28.2 Å². The average Bonchev–Trinajstić information content (AvgIpc) is 3.57. The van der Waals surface area contributed by atoms with E-state index in [1.54, 1.807) is 12.1 Å². The average molecular weight is 618 g/mol. The number of fused-ring (bicyclic) bond motifs is 1. The molecule has 4 N–H and O–H groups in total. The predicted octanol–water partition coefficient (Wildman–Crippen LogP) is 3.37. The number of nitrogens with zero attached hydrogens (tertiary/aromatic N) is 2. The van der Waals surface area contributed by atoms with Crippen molar-refractivity contribution in [2.45, 2.75) is 75.8 Å². The van der Waals surface area contributed by atoms with Crippen LogP contribution in [0.4, 0.5) is 10.5 Å². The van der Waals surface area contributed by atoms with Crippen molar-refractivity contribution < 1.29 is 37.7 Å². The zero-order valence-corrected chi connectivity index (χ0v) is 25.8. The minimum atomic E-state index is -4.18. The summed E-state index contributed by atoms with van der Waals surface area (Å²) in [5.74, 6) is -0.203. The Bertz CT molecular complexity index is 1370. The highest BCUT2D eigenvalue weighted by Crippen LogP contribution is 2.36. The van der Waals surface area contributed by atoms with Gasteiger partial charge >= 0.3 is 6.09 Å². The monoisotopic (exact) mass is 617 g/mol. The summed E-state index contributed by atoms with van der Waals surface area (Å²) in [6, 6.07) is 13.6. The molecule has 1 amide bonds. The maximum absolute atomic E-state index is 14.1. The summed E-state index contributed by atoms with van der Waals surface area (Å²) >= 11 is 0. The number of Topliss-reactive ketones (excluding diaryl/α,β-unsaturated/α-hetero) is 1. The molecule has 0 unspecified atom stereocenters. The molecule has 2 aromatic rings. The van der Waals surface area contributed by atoms with E-state index in [-0.39, 0.29) is 54.8 Å². The van der Waals surface area contributed by atoms with Gasteiger partial charge in [-0.25, -0.2) is 13.2 Å². The number of ketones is 1. The summed E-state index contributed by atoms with van der Waals surface area (Å²) in [5, 5.41) is 22.4. The molecular weight excluding hydrogens is 574 g/mol. The van der Waals surface area contributed by atoms with Crippen LogP contribution in [0.1, 0.15) is 45.6 Å². The van der Waals surface area contributed by atoms with E-state index in [1.165, 1.54) is 28.3 Å². The zero-order valence-electron chi connectivity index (χ0n) is 25.0. The van der Waals surface area contributed by atoms with Gasteiger partial charge in [-0.3, -0.25) is 4.90 Å². The van der Waals surface area contributed by atoms with E-state index < -0.39 is 46.0 Å². The number of amides is 1. The number of anilines is 1. The number of carbonyl (C=O) groups excluding carboxylic acids is 1. The molecule has 12 heteroatoms. The zero-order chi connectivity index (χ0) is 31.4. The van der Waals surface area contributed by atoms with Crippen molar-refractivity contribution in [3.05, 3.63) is 60.2 Å². The molecule has 0 bridgehead atoms. The molecular formula is C31H43N3O8S. The summed E-state index contributed by atoms with van der Waals surface area (Å²) in [6.07, 6.45) is -1.67. The Morgan fingerprint density at radius 3 is 2.49 bits per heavy atom. The molecule has 2 aliphatic rings. The first-order valence-electron chi connectivity index (χ1n) is 14.6. The van der Waals surface area contributed by atoms with Crippen molar-refractivity contribution >= 4 is 27.6 Å². The van der Waals surface area contributed by atoms with Crippen molar-refractivity contribution in [1.82, 2.24) is 9.21 Å². The minimum absolute atomic E-state index is 0.00801. The number of nitrogen functional groups attached to an aromatic ring is 1. The van der Waals surface area contributed by atoms with Gasteiger partial charge in [-0.2, -0.15) is 4.31 Å². The lowest BCUT2D eigenvalue weighted by Crippen LogP contribution is -2.58. The van der Waals surface area contributed by atoms with Gasteiger partial charge in [0.2, 0.25) is 10.0 Å². The van der Waals surface area contributed by atoms with E-state index in [2.05, 4.69) is 0 Å². The number of carbonyl (C=O) groups is 2. The third-order valence-corrected chi connectivity index (χ3v) is 10.1. The number of carboxylic acid groups (broad SMARTS) is 1. The molecule has 2 fully saturated rings. The van der Waals surface area contributed by atoms with E-state index >= 15 is 0 Å². The van der Waals surface area contributed by atoms with Crippen molar-refractivity contribution in [2.75, 3.05) is 32.0 Å². The van der Waals surface area contributed by atoms with E-state index in [0.29, 0.717) is 19.4 Å². The molecule has 0 aliphatic carbocycles. The number of nitrogens with two attached hydrogens (primary N) is 1. The Morgan fingerprint density at radius 1 is 1.12 bits per heavy atom. The molecule has 0 radical (unpaired) electrons. The minimum Gasteiger partial charge on any atom is -0.465 e. The normalized spacial score (nSPS) is 21.8. The topological polar surface area (TPSA) is 160 Å². The van der Waals surface area contributed by atoms with E-state index in [0.717, 1.165) is 5.56 Å². The molecule has 2 aromatic carbocycles. The molecule has 2 heterocycles. The number of hydrogen-bond acceptors (Lipinski definition) is 8. The van der Waals surface area contributed by atoms with Crippen LogP contribution in [0.2, 0.25) is 0 Å². The molecule has 43 heavy (non-hydrogen) atoms. The van der Waals surface area contributed by atoms with Gasteiger partial charge in [0, 0.05) is 31.1 Å². The van der Waals surface area contributed by atoms with Crippen LogP contribution in [0.15, 0.2) is 59.5 Å². The van der Waals surface area contributed by atoms with Crippen LogP contribution in [-0.4, -0.2) is 90.5 Å². The fourth-order valence-electron chi connectivity index (χ4n) is 6.01.